The van der Waals surface area contributed by atoms with Crippen molar-refractivity contribution in [3.05, 3.63) is 28.6 Å². The molecule has 1 aromatic rings. The minimum absolute atomic E-state index is 1.14. The number of allylic oxidation sites excluding steroid dienone is 2. The number of nitrogens with zero attached hydrogens (tertiary/aromatic N) is 1. The van der Waals surface area contributed by atoms with E-state index in [1.165, 1.54) is 24.1 Å². The number of aromatic amines is 1. The summed E-state index contributed by atoms with van der Waals surface area (Å²) in [5.74, 6) is 0. The average Bonchev–Trinajstić information content (AvgIpc) is 2.52. The van der Waals surface area contributed by atoms with Crippen molar-refractivity contribution in [2.75, 3.05) is 0 Å². The van der Waals surface area contributed by atoms with Gasteiger partial charge in [0.2, 0.25) is 0 Å². The third-order valence-corrected chi connectivity index (χ3v) is 2.40. The molecule has 3 rings (SSSR count). The number of nitrogens with one attached hydrogen (secondary N) is 1. The highest BCUT2D eigenvalue weighted by molar-refractivity contribution is 5.47. The smallest absolute Gasteiger partial charge is 0.0525 e. The summed E-state index contributed by atoms with van der Waals surface area (Å²) < 4.78 is 0. The van der Waals surface area contributed by atoms with Crippen molar-refractivity contribution in [1.29, 1.82) is 0 Å². The van der Waals surface area contributed by atoms with Crippen molar-refractivity contribution >= 4 is 0 Å². The lowest BCUT2D eigenvalue weighted by Gasteiger charge is -2.00. The molecule has 0 aromatic carbocycles. The van der Waals surface area contributed by atoms with Gasteiger partial charge in [-0.15, -0.1) is 0 Å². The van der Waals surface area contributed by atoms with Gasteiger partial charge in [-0.2, -0.15) is 5.10 Å². The normalized spacial score (nSPS) is 20.4. The molecule has 0 fully saturated rings. The highest BCUT2D eigenvalue weighted by Crippen LogP contribution is 2.40. The summed E-state index contributed by atoms with van der Waals surface area (Å²) in [5, 5.41) is 7.04. The molecule has 0 spiro atoms. The molecule has 0 aliphatic heterocycles. The van der Waals surface area contributed by atoms with Crippen molar-refractivity contribution < 1.29 is 0 Å². The van der Waals surface area contributed by atoms with Crippen LogP contribution in [0.4, 0.5) is 0 Å². The fraction of sp³-hybridized carbons (Fsp3) is 0.375. The molecule has 0 bridgehead atoms. The van der Waals surface area contributed by atoms with E-state index in [0.717, 1.165) is 6.42 Å². The van der Waals surface area contributed by atoms with Gasteiger partial charge in [-0.05, 0) is 18.4 Å². The summed E-state index contributed by atoms with van der Waals surface area (Å²) in [4.78, 5) is 0. The molecule has 0 unspecified atom stereocenters. The fourth-order valence-corrected chi connectivity index (χ4v) is 1.67. The van der Waals surface area contributed by atoms with Crippen LogP contribution in [-0.4, -0.2) is 10.2 Å². The van der Waals surface area contributed by atoms with Gasteiger partial charge in [-0.3, -0.25) is 5.10 Å². The third kappa shape index (κ3) is 0.467. The van der Waals surface area contributed by atoms with Crippen LogP contribution in [0.15, 0.2) is 17.3 Å². The van der Waals surface area contributed by atoms with E-state index in [1.807, 2.05) is 6.20 Å². The maximum Gasteiger partial charge on any atom is 0.0525 e. The molecule has 2 aliphatic rings. The van der Waals surface area contributed by atoms with Crippen LogP contribution in [0, 0.1) is 0 Å². The van der Waals surface area contributed by atoms with E-state index >= 15 is 0 Å². The second-order valence-corrected chi connectivity index (χ2v) is 3.11. The summed E-state index contributed by atoms with van der Waals surface area (Å²) >= 11 is 0. The van der Waals surface area contributed by atoms with Crippen LogP contribution in [-0.2, 0) is 12.8 Å². The number of fused-ring (bicyclic) bond motifs is 1. The van der Waals surface area contributed by atoms with E-state index in [9.17, 15) is 0 Å². The predicted octanol–water partition coefficient (Wildman–Crippen LogP) is 1.21. The number of hydrogen-bond acceptors (Lipinski definition) is 1. The van der Waals surface area contributed by atoms with Gasteiger partial charge in [0.25, 0.3) is 0 Å². The van der Waals surface area contributed by atoms with Gasteiger partial charge in [0, 0.05) is 12.1 Å². The zero-order valence-corrected chi connectivity index (χ0v) is 5.65. The lowest BCUT2D eigenvalue weighted by molar-refractivity contribution is 0.983. The van der Waals surface area contributed by atoms with Crippen LogP contribution in [0.25, 0.3) is 0 Å². The van der Waals surface area contributed by atoms with Crippen LogP contribution in [0.3, 0.4) is 0 Å². The first kappa shape index (κ1) is 4.72. The molecule has 0 saturated carbocycles. The van der Waals surface area contributed by atoms with E-state index < -0.39 is 0 Å². The van der Waals surface area contributed by atoms with Gasteiger partial charge >= 0.3 is 0 Å². The topological polar surface area (TPSA) is 28.7 Å². The standard InChI is InChI=1S/C8H8N2/c1-5-2-7-4-9-10-8(7)3-6(1)5/h4H,1-3H2,(H,9,10). The van der Waals surface area contributed by atoms with E-state index in [1.54, 1.807) is 11.1 Å². The predicted molar refractivity (Wildman–Crippen MR) is 37.6 cm³/mol. The molecule has 1 heterocycles. The first-order valence-electron chi connectivity index (χ1n) is 3.64. The molecule has 50 valence electrons. The second kappa shape index (κ2) is 1.34. The zero-order valence-electron chi connectivity index (χ0n) is 5.65. The van der Waals surface area contributed by atoms with E-state index in [-0.39, 0.29) is 0 Å². The first-order chi connectivity index (χ1) is 4.93. The van der Waals surface area contributed by atoms with Crippen LogP contribution < -0.4 is 0 Å². The first-order valence-corrected chi connectivity index (χ1v) is 3.64. The van der Waals surface area contributed by atoms with Gasteiger partial charge < -0.3 is 0 Å². The minimum Gasteiger partial charge on any atom is -0.282 e. The SMILES string of the molecule is c1n[nH]c2c1CC1=C(C1)C2. The second-order valence-electron chi connectivity index (χ2n) is 3.11. The summed E-state index contributed by atoms with van der Waals surface area (Å²) in [5.41, 5.74) is 6.07. The van der Waals surface area contributed by atoms with Gasteiger partial charge in [0.15, 0.2) is 0 Å². The van der Waals surface area contributed by atoms with Crippen LogP contribution in [0.5, 0.6) is 0 Å². The van der Waals surface area contributed by atoms with Gasteiger partial charge in [-0.1, -0.05) is 11.1 Å². The summed E-state index contributed by atoms with van der Waals surface area (Å²) in [6.45, 7) is 0. The van der Waals surface area contributed by atoms with E-state index in [4.69, 9.17) is 0 Å². The Labute approximate surface area is 59.0 Å². The Morgan fingerprint density at radius 2 is 2.10 bits per heavy atom. The van der Waals surface area contributed by atoms with Gasteiger partial charge in [0.05, 0.1) is 6.20 Å². The Morgan fingerprint density at radius 3 is 3.10 bits per heavy atom. The van der Waals surface area contributed by atoms with Crippen molar-refractivity contribution in [3.8, 4) is 0 Å². The molecule has 0 atom stereocenters. The molecule has 10 heavy (non-hydrogen) atoms. The lowest BCUT2D eigenvalue weighted by Crippen LogP contribution is -1.93. The maximum atomic E-state index is 4.01. The summed E-state index contributed by atoms with van der Waals surface area (Å²) in [6.07, 6.45) is 5.56. The Bertz CT molecular complexity index is 291. The number of rotatable bonds is 0. The van der Waals surface area contributed by atoms with Crippen molar-refractivity contribution in [1.82, 2.24) is 10.2 Å². The molecular weight excluding hydrogens is 124 g/mol. The monoisotopic (exact) mass is 132 g/mol. The molecule has 0 radical (unpaired) electrons. The third-order valence-electron chi connectivity index (χ3n) is 2.40. The highest BCUT2D eigenvalue weighted by Gasteiger charge is 2.28. The average molecular weight is 132 g/mol. The summed E-state index contributed by atoms with van der Waals surface area (Å²) in [6, 6.07) is 0. The molecule has 2 heteroatoms. The van der Waals surface area contributed by atoms with E-state index in [2.05, 4.69) is 10.2 Å². The van der Waals surface area contributed by atoms with Crippen molar-refractivity contribution in [2.24, 2.45) is 0 Å². The Morgan fingerprint density at radius 1 is 1.20 bits per heavy atom. The van der Waals surface area contributed by atoms with Crippen LogP contribution in [0.1, 0.15) is 17.7 Å². The maximum absolute atomic E-state index is 4.01. The van der Waals surface area contributed by atoms with Gasteiger partial charge in [-0.25, -0.2) is 0 Å². The molecule has 1 aromatic heterocycles. The van der Waals surface area contributed by atoms with Crippen LogP contribution in [0.2, 0.25) is 0 Å². The Balaban J connectivity index is 2.13. The highest BCUT2D eigenvalue weighted by atomic mass is 15.1. The zero-order chi connectivity index (χ0) is 6.55. The lowest BCUT2D eigenvalue weighted by atomic mass is 10.1. The van der Waals surface area contributed by atoms with Gasteiger partial charge in [0.1, 0.15) is 0 Å². The van der Waals surface area contributed by atoms with E-state index in [0.29, 0.717) is 0 Å². The largest absolute Gasteiger partial charge is 0.282 e. The Kier molecular flexibility index (Phi) is 0.631. The molecule has 2 aliphatic carbocycles. The van der Waals surface area contributed by atoms with Crippen LogP contribution >= 0.6 is 0 Å². The number of aromatic nitrogens is 2. The molecule has 2 nitrogen and oxygen atoms in total. The quantitative estimate of drug-likeness (QED) is 0.528. The Hall–Kier alpha value is -1.05. The summed E-state index contributed by atoms with van der Waals surface area (Å²) in [7, 11) is 0. The fourth-order valence-electron chi connectivity index (χ4n) is 1.67. The molecule has 0 amide bonds. The molecule has 1 N–H and O–H groups in total. The number of hydrogen-bond donors (Lipinski definition) is 1. The molecule has 0 saturated heterocycles. The minimum atomic E-state index is 1.14. The molecular formula is C8H8N2. The number of H-pyrrole nitrogens is 1. The van der Waals surface area contributed by atoms with Crippen molar-refractivity contribution in [3.63, 3.8) is 0 Å². The van der Waals surface area contributed by atoms with Crippen molar-refractivity contribution in [2.45, 2.75) is 19.3 Å².